The second kappa shape index (κ2) is 7.80. The highest BCUT2D eigenvalue weighted by Gasteiger charge is 2.13. The Balaban J connectivity index is 1.71. The standard InChI is InChI=1S/C19H22N4O2S/c1-11-13(3)26-17(21-11)9-20-19(24)15-7-5-14(6-8-15)18-12(2)22-23-16(18)10-25-4/h5-8H,9-10H2,1-4H3,(H,20,24)(H,22,23). The summed E-state index contributed by atoms with van der Waals surface area (Å²) in [6.07, 6.45) is 0. The van der Waals surface area contributed by atoms with E-state index in [1.165, 1.54) is 4.88 Å². The molecule has 7 heteroatoms. The number of hydrogen-bond donors (Lipinski definition) is 2. The number of carbonyl (C=O) groups is 1. The number of rotatable bonds is 6. The number of ether oxygens (including phenoxy) is 1. The van der Waals surface area contributed by atoms with Crippen molar-refractivity contribution in [3.63, 3.8) is 0 Å². The molecule has 136 valence electrons. The predicted molar refractivity (Wildman–Crippen MR) is 102 cm³/mol. The van der Waals surface area contributed by atoms with Crippen LogP contribution in [0.15, 0.2) is 24.3 Å². The summed E-state index contributed by atoms with van der Waals surface area (Å²) < 4.78 is 5.20. The number of aromatic amines is 1. The molecule has 3 aromatic rings. The Morgan fingerprint density at radius 1 is 1.23 bits per heavy atom. The Labute approximate surface area is 156 Å². The first-order valence-corrected chi connectivity index (χ1v) is 9.15. The van der Waals surface area contributed by atoms with E-state index in [1.807, 2.05) is 45.0 Å². The van der Waals surface area contributed by atoms with Gasteiger partial charge in [0.05, 0.1) is 24.5 Å². The van der Waals surface area contributed by atoms with E-state index in [9.17, 15) is 4.79 Å². The normalized spacial score (nSPS) is 10.9. The van der Waals surface area contributed by atoms with Gasteiger partial charge < -0.3 is 10.1 Å². The van der Waals surface area contributed by atoms with Gasteiger partial charge in [-0.3, -0.25) is 9.89 Å². The largest absolute Gasteiger partial charge is 0.378 e. The molecule has 1 aromatic carbocycles. The van der Waals surface area contributed by atoms with Gasteiger partial charge in [-0.2, -0.15) is 5.10 Å². The molecule has 2 heterocycles. The van der Waals surface area contributed by atoms with Crippen molar-refractivity contribution in [2.75, 3.05) is 7.11 Å². The first-order valence-electron chi connectivity index (χ1n) is 8.34. The monoisotopic (exact) mass is 370 g/mol. The highest BCUT2D eigenvalue weighted by molar-refractivity contribution is 7.11. The molecule has 0 fully saturated rings. The van der Waals surface area contributed by atoms with Crippen molar-refractivity contribution in [3.8, 4) is 11.1 Å². The van der Waals surface area contributed by atoms with Gasteiger partial charge in [-0.05, 0) is 38.5 Å². The van der Waals surface area contributed by atoms with Gasteiger partial charge in [0.15, 0.2) is 0 Å². The zero-order valence-electron chi connectivity index (χ0n) is 15.3. The Kier molecular flexibility index (Phi) is 5.49. The fourth-order valence-electron chi connectivity index (χ4n) is 2.76. The average Bonchev–Trinajstić information content (AvgIpc) is 3.15. The van der Waals surface area contributed by atoms with E-state index in [4.69, 9.17) is 4.74 Å². The van der Waals surface area contributed by atoms with Gasteiger partial charge in [0.25, 0.3) is 5.91 Å². The molecule has 26 heavy (non-hydrogen) atoms. The molecule has 0 aliphatic heterocycles. The Morgan fingerprint density at radius 2 is 1.96 bits per heavy atom. The smallest absolute Gasteiger partial charge is 0.251 e. The van der Waals surface area contributed by atoms with Crippen LogP contribution < -0.4 is 5.32 Å². The third kappa shape index (κ3) is 3.84. The van der Waals surface area contributed by atoms with Gasteiger partial charge in [-0.15, -0.1) is 11.3 Å². The van der Waals surface area contributed by atoms with E-state index in [0.29, 0.717) is 18.7 Å². The highest BCUT2D eigenvalue weighted by atomic mass is 32.1. The molecule has 0 saturated carbocycles. The van der Waals surface area contributed by atoms with Crippen molar-refractivity contribution in [2.24, 2.45) is 0 Å². The maximum atomic E-state index is 12.4. The van der Waals surface area contributed by atoms with Crippen molar-refractivity contribution in [2.45, 2.75) is 33.9 Å². The number of amides is 1. The van der Waals surface area contributed by atoms with Crippen molar-refractivity contribution < 1.29 is 9.53 Å². The number of benzene rings is 1. The molecule has 2 aromatic heterocycles. The van der Waals surface area contributed by atoms with E-state index >= 15 is 0 Å². The fraction of sp³-hybridized carbons (Fsp3) is 0.316. The van der Waals surface area contributed by atoms with Gasteiger partial charge in [0, 0.05) is 28.8 Å². The number of carbonyl (C=O) groups excluding carboxylic acids is 1. The molecule has 1 amide bonds. The minimum Gasteiger partial charge on any atom is -0.378 e. The van der Waals surface area contributed by atoms with Crippen LogP contribution >= 0.6 is 11.3 Å². The molecule has 0 aliphatic rings. The predicted octanol–water partition coefficient (Wildman–Crippen LogP) is 3.53. The molecule has 0 bridgehead atoms. The molecular formula is C19H22N4O2S. The summed E-state index contributed by atoms with van der Waals surface area (Å²) in [4.78, 5) is 18.0. The van der Waals surface area contributed by atoms with Gasteiger partial charge in [0.1, 0.15) is 5.01 Å². The van der Waals surface area contributed by atoms with E-state index in [2.05, 4.69) is 20.5 Å². The molecule has 6 nitrogen and oxygen atoms in total. The van der Waals surface area contributed by atoms with Crippen LogP contribution in [0.3, 0.4) is 0 Å². The minimum absolute atomic E-state index is 0.108. The number of H-pyrrole nitrogens is 1. The summed E-state index contributed by atoms with van der Waals surface area (Å²) in [6.45, 7) is 6.87. The number of nitrogens with zero attached hydrogens (tertiary/aromatic N) is 2. The quantitative estimate of drug-likeness (QED) is 0.696. The van der Waals surface area contributed by atoms with Crippen molar-refractivity contribution in [3.05, 3.63) is 56.8 Å². The Morgan fingerprint density at radius 3 is 2.58 bits per heavy atom. The molecule has 0 aliphatic carbocycles. The second-order valence-electron chi connectivity index (χ2n) is 6.11. The number of aromatic nitrogens is 3. The lowest BCUT2D eigenvalue weighted by atomic mass is 10.0. The van der Waals surface area contributed by atoms with Crippen molar-refractivity contribution in [1.29, 1.82) is 0 Å². The first-order chi connectivity index (χ1) is 12.5. The molecule has 0 saturated heterocycles. The van der Waals surface area contributed by atoms with E-state index in [1.54, 1.807) is 18.4 Å². The lowest BCUT2D eigenvalue weighted by Crippen LogP contribution is -2.22. The van der Waals surface area contributed by atoms with Crippen LogP contribution in [0.25, 0.3) is 11.1 Å². The van der Waals surface area contributed by atoms with Crippen LogP contribution in [-0.4, -0.2) is 28.2 Å². The summed E-state index contributed by atoms with van der Waals surface area (Å²) in [7, 11) is 1.65. The molecule has 0 radical (unpaired) electrons. The SMILES string of the molecule is COCc1n[nH]c(C)c1-c1ccc(C(=O)NCc2nc(C)c(C)s2)cc1. The van der Waals surface area contributed by atoms with Crippen LogP contribution in [0.5, 0.6) is 0 Å². The van der Waals surface area contributed by atoms with Crippen molar-refractivity contribution in [1.82, 2.24) is 20.5 Å². The third-order valence-electron chi connectivity index (χ3n) is 4.21. The number of methoxy groups -OCH3 is 1. The van der Waals surface area contributed by atoms with Crippen LogP contribution in [0, 0.1) is 20.8 Å². The van der Waals surface area contributed by atoms with Crippen LogP contribution in [0.4, 0.5) is 0 Å². The summed E-state index contributed by atoms with van der Waals surface area (Å²) in [5.41, 5.74) is 5.50. The van der Waals surface area contributed by atoms with Crippen LogP contribution in [-0.2, 0) is 17.9 Å². The molecule has 0 atom stereocenters. The van der Waals surface area contributed by atoms with Gasteiger partial charge >= 0.3 is 0 Å². The first kappa shape index (κ1) is 18.3. The fourth-order valence-corrected chi connectivity index (χ4v) is 3.64. The summed E-state index contributed by atoms with van der Waals surface area (Å²) >= 11 is 1.61. The van der Waals surface area contributed by atoms with E-state index in [-0.39, 0.29) is 5.91 Å². The number of thiazole rings is 1. The molecule has 0 unspecified atom stereocenters. The van der Waals surface area contributed by atoms with E-state index < -0.39 is 0 Å². The van der Waals surface area contributed by atoms with Gasteiger partial charge in [-0.25, -0.2) is 4.98 Å². The highest BCUT2D eigenvalue weighted by Crippen LogP contribution is 2.26. The van der Waals surface area contributed by atoms with Gasteiger partial charge in [-0.1, -0.05) is 12.1 Å². The Hall–Kier alpha value is -2.51. The average molecular weight is 370 g/mol. The van der Waals surface area contributed by atoms with Crippen LogP contribution in [0.2, 0.25) is 0 Å². The lowest BCUT2D eigenvalue weighted by Gasteiger charge is -2.06. The maximum absolute atomic E-state index is 12.4. The molecule has 3 rings (SSSR count). The molecular weight excluding hydrogens is 348 g/mol. The number of hydrogen-bond acceptors (Lipinski definition) is 5. The van der Waals surface area contributed by atoms with Gasteiger partial charge in [0.2, 0.25) is 0 Å². The number of nitrogens with one attached hydrogen (secondary N) is 2. The lowest BCUT2D eigenvalue weighted by molar-refractivity contribution is 0.0951. The summed E-state index contributed by atoms with van der Waals surface area (Å²) in [6, 6.07) is 7.52. The zero-order chi connectivity index (χ0) is 18.7. The topological polar surface area (TPSA) is 79.9 Å². The van der Waals surface area contributed by atoms with E-state index in [0.717, 1.165) is 33.2 Å². The summed E-state index contributed by atoms with van der Waals surface area (Å²) in [5, 5.41) is 11.1. The molecule has 0 spiro atoms. The Bertz CT molecular complexity index is 893. The minimum atomic E-state index is -0.108. The van der Waals surface area contributed by atoms with Crippen LogP contribution in [0.1, 0.15) is 37.3 Å². The number of aryl methyl sites for hydroxylation is 3. The summed E-state index contributed by atoms with van der Waals surface area (Å²) in [5.74, 6) is -0.108. The zero-order valence-corrected chi connectivity index (χ0v) is 16.2. The second-order valence-corrected chi connectivity index (χ2v) is 7.40. The third-order valence-corrected chi connectivity index (χ3v) is 5.28. The maximum Gasteiger partial charge on any atom is 0.251 e. The van der Waals surface area contributed by atoms with Crippen molar-refractivity contribution >= 4 is 17.2 Å². The molecule has 2 N–H and O–H groups in total.